The standard InChI is InChI=1S/C26H39N5O8/c1-12-7-14(37-6-5-28-25(36)29-26(3,4)11-27)8-16-13(2)19-17(9-15(12)16)23(31-30-19)39-24-22(35)21(34)20(33)18(10-32)38-24/h7-8,13,18,20-22,24,32-35H,5-6,9-11,27H2,1-4H3,(H,30,31)(H2,28,29,36)/t13?,18?,20-,21?,22-,24?/m1/s1. The zero-order valence-corrected chi connectivity index (χ0v) is 22.6. The molecule has 1 aliphatic heterocycles. The molecule has 0 spiro atoms. The number of H-pyrrole nitrogens is 1. The lowest BCUT2D eigenvalue weighted by atomic mass is 9.81. The van der Waals surface area contributed by atoms with Crippen LogP contribution < -0.4 is 25.8 Å². The van der Waals surface area contributed by atoms with Gasteiger partial charge in [0.2, 0.25) is 12.2 Å². The van der Waals surface area contributed by atoms with Gasteiger partial charge in [-0.05, 0) is 49.6 Å². The lowest BCUT2D eigenvalue weighted by Gasteiger charge is -2.39. The quantitative estimate of drug-likeness (QED) is 0.186. The topological polar surface area (TPSA) is 204 Å². The van der Waals surface area contributed by atoms with Crippen LogP contribution in [0.5, 0.6) is 11.6 Å². The Bertz CT molecular complexity index is 1170. The van der Waals surface area contributed by atoms with Crippen molar-refractivity contribution in [3.63, 3.8) is 0 Å². The fraction of sp³-hybridized carbons (Fsp3) is 0.615. The zero-order chi connectivity index (χ0) is 28.5. The summed E-state index contributed by atoms with van der Waals surface area (Å²) >= 11 is 0. The molecule has 0 saturated carbocycles. The minimum absolute atomic E-state index is 0.0759. The summed E-state index contributed by atoms with van der Waals surface area (Å²) in [4.78, 5) is 12.0. The Morgan fingerprint density at radius 2 is 1.97 bits per heavy atom. The van der Waals surface area contributed by atoms with Crippen LogP contribution in [0.1, 0.15) is 54.6 Å². The Balaban J connectivity index is 1.42. The molecule has 39 heavy (non-hydrogen) atoms. The Labute approximate surface area is 226 Å². The number of rotatable bonds is 9. The van der Waals surface area contributed by atoms with Crippen molar-refractivity contribution in [1.82, 2.24) is 20.8 Å². The zero-order valence-electron chi connectivity index (χ0n) is 22.6. The minimum atomic E-state index is -1.54. The number of carbonyl (C=O) groups excluding carboxylic acids is 1. The SMILES string of the molecule is Cc1cc(OCCNC(=O)NC(C)(C)CN)cc2c1Cc1c(OC3OC(CO)[C@@H](O)C(O)[C@H]3O)n[nH]c1C2C. The van der Waals surface area contributed by atoms with Crippen LogP contribution in [0.4, 0.5) is 4.79 Å². The lowest BCUT2D eigenvalue weighted by Crippen LogP contribution is -2.60. The van der Waals surface area contributed by atoms with Gasteiger partial charge in [0.25, 0.3) is 0 Å². The van der Waals surface area contributed by atoms with Crippen LogP contribution in [0.2, 0.25) is 0 Å². The molecule has 6 atom stereocenters. The number of urea groups is 1. The number of aromatic amines is 1. The monoisotopic (exact) mass is 549 g/mol. The highest BCUT2D eigenvalue weighted by atomic mass is 16.7. The summed E-state index contributed by atoms with van der Waals surface area (Å²) in [5.74, 6) is 0.824. The van der Waals surface area contributed by atoms with Gasteiger partial charge < -0.3 is 51.0 Å². The van der Waals surface area contributed by atoms with E-state index in [-0.39, 0.29) is 24.4 Å². The van der Waals surface area contributed by atoms with Gasteiger partial charge in [0.15, 0.2) is 0 Å². The van der Waals surface area contributed by atoms with E-state index in [4.69, 9.17) is 19.9 Å². The van der Waals surface area contributed by atoms with Crippen LogP contribution in [0.25, 0.3) is 0 Å². The van der Waals surface area contributed by atoms with E-state index in [9.17, 15) is 25.2 Å². The summed E-state index contributed by atoms with van der Waals surface area (Å²) in [6.07, 6.45) is -6.44. The van der Waals surface area contributed by atoms with E-state index in [1.165, 1.54) is 0 Å². The molecule has 0 radical (unpaired) electrons. The Kier molecular flexibility index (Phi) is 8.69. The molecule has 13 heteroatoms. The van der Waals surface area contributed by atoms with Crippen molar-refractivity contribution >= 4 is 6.03 Å². The maximum absolute atomic E-state index is 12.0. The smallest absolute Gasteiger partial charge is 0.315 e. The van der Waals surface area contributed by atoms with E-state index < -0.39 is 42.9 Å². The number of hydrogen-bond donors (Lipinski definition) is 8. The highest BCUT2D eigenvalue weighted by Crippen LogP contribution is 2.42. The summed E-state index contributed by atoms with van der Waals surface area (Å²) in [6.45, 7) is 8.08. The molecule has 1 aromatic heterocycles. The van der Waals surface area contributed by atoms with E-state index in [0.717, 1.165) is 27.9 Å². The average Bonchev–Trinajstić information content (AvgIpc) is 3.30. The second-order valence-electron chi connectivity index (χ2n) is 10.8. The molecule has 0 bridgehead atoms. The molecule has 2 aliphatic rings. The number of aromatic nitrogens is 2. The molecule has 1 fully saturated rings. The molecule has 2 heterocycles. The van der Waals surface area contributed by atoms with E-state index in [1.807, 2.05) is 39.8 Å². The summed E-state index contributed by atoms with van der Waals surface area (Å²) in [5.41, 5.74) is 9.93. The number of amides is 2. The van der Waals surface area contributed by atoms with Gasteiger partial charge in [-0.15, -0.1) is 5.10 Å². The highest BCUT2D eigenvalue weighted by Gasteiger charge is 2.45. The summed E-state index contributed by atoms with van der Waals surface area (Å²) < 4.78 is 17.2. The summed E-state index contributed by atoms with van der Waals surface area (Å²) in [7, 11) is 0. The lowest BCUT2D eigenvalue weighted by molar-refractivity contribution is -0.278. The van der Waals surface area contributed by atoms with Gasteiger partial charge in [0.05, 0.1) is 13.2 Å². The van der Waals surface area contributed by atoms with Gasteiger partial charge in [0, 0.05) is 35.7 Å². The Hall–Kier alpha value is -2.94. The van der Waals surface area contributed by atoms with Gasteiger partial charge in [-0.1, -0.05) is 6.92 Å². The van der Waals surface area contributed by atoms with Crippen molar-refractivity contribution in [2.24, 2.45) is 5.73 Å². The maximum Gasteiger partial charge on any atom is 0.315 e. The third-order valence-corrected chi connectivity index (χ3v) is 7.29. The summed E-state index contributed by atoms with van der Waals surface area (Å²) in [6, 6.07) is 3.61. The number of nitrogens with one attached hydrogen (secondary N) is 3. The molecule has 216 valence electrons. The van der Waals surface area contributed by atoms with Crippen LogP contribution in [0.15, 0.2) is 12.1 Å². The number of benzene rings is 1. The molecule has 2 amide bonds. The predicted octanol–water partition coefficient (Wildman–Crippen LogP) is -0.632. The van der Waals surface area contributed by atoms with Crippen LogP contribution in [0.3, 0.4) is 0 Å². The van der Waals surface area contributed by atoms with Crippen LogP contribution in [0, 0.1) is 6.92 Å². The van der Waals surface area contributed by atoms with E-state index >= 15 is 0 Å². The van der Waals surface area contributed by atoms with Crippen molar-refractivity contribution in [2.75, 3.05) is 26.3 Å². The van der Waals surface area contributed by atoms with Crippen molar-refractivity contribution in [2.45, 2.75) is 76.3 Å². The molecule has 4 unspecified atom stereocenters. The molecule has 2 aromatic rings. The second kappa shape index (κ2) is 11.7. The van der Waals surface area contributed by atoms with Crippen molar-refractivity contribution in [3.05, 3.63) is 40.1 Å². The number of ether oxygens (including phenoxy) is 3. The first kappa shape index (κ1) is 29.1. The minimum Gasteiger partial charge on any atom is -0.492 e. The number of aliphatic hydroxyl groups is 4. The number of aliphatic hydroxyl groups excluding tert-OH is 4. The second-order valence-corrected chi connectivity index (χ2v) is 10.8. The van der Waals surface area contributed by atoms with Crippen LogP contribution >= 0.6 is 0 Å². The van der Waals surface area contributed by atoms with Gasteiger partial charge in [-0.25, -0.2) is 4.79 Å². The number of hydrogen-bond acceptors (Lipinski definition) is 10. The number of nitrogens with zero attached hydrogens (tertiary/aromatic N) is 1. The normalized spacial score (nSPS) is 26.4. The first-order valence-electron chi connectivity index (χ1n) is 13.0. The fourth-order valence-electron chi connectivity index (χ4n) is 4.85. The van der Waals surface area contributed by atoms with Gasteiger partial charge >= 0.3 is 6.03 Å². The third kappa shape index (κ3) is 6.13. The molecule has 13 nitrogen and oxygen atoms in total. The van der Waals surface area contributed by atoms with Gasteiger partial charge in [-0.2, -0.15) is 0 Å². The molecule has 1 aliphatic carbocycles. The van der Waals surface area contributed by atoms with Crippen LogP contribution in [-0.2, 0) is 11.2 Å². The van der Waals surface area contributed by atoms with Crippen molar-refractivity contribution in [1.29, 1.82) is 0 Å². The molecular formula is C26H39N5O8. The molecule has 1 saturated heterocycles. The van der Waals surface area contributed by atoms with E-state index in [2.05, 4.69) is 20.8 Å². The average molecular weight is 550 g/mol. The number of nitrogens with two attached hydrogens (primary N) is 1. The van der Waals surface area contributed by atoms with Crippen molar-refractivity contribution < 1.29 is 39.4 Å². The number of aryl methyl sites for hydroxylation is 1. The summed E-state index contributed by atoms with van der Waals surface area (Å²) in [5, 5.41) is 52.8. The Morgan fingerprint density at radius 3 is 2.67 bits per heavy atom. The van der Waals surface area contributed by atoms with Gasteiger partial charge in [0.1, 0.15) is 36.8 Å². The predicted molar refractivity (Wildman–Crippen MR) is 140 cm³/mol. The first-order chi connectivity index (χ1) is 18.5. The molecular weight excluding hydrogens is 510 g/mol. The number of fused-ring (bicyclic) bond motifs is 2. The largest absolute Gasteiger partial charge is 0.492 e. The van der Waals surface area contributed by atoms with Gasteiger partial charge in [-0.3, -0.25) is 5.10 Å². The Morgan fingerprint density at radius 1 is 1.23 bits per heavy atom. The third-order valence-electron chi connectivity index (χ3n) is 7.29. The molecule has 4 rings (SSSR count). The molecule has 1 aromatic carbocycles. The van der Waals surface area contributed by atoms with E-state index in [0.29, 0.717) is 25.3 Å². The van der Waals surface area contributed by atoms with Crippen molar-refractivity contribution in [3.8, 4) is 11.6 Å². The maximum atomic E-state index is 12.0. The van der Waals surface area contributed by atoms with Crippen LogP contribution in [-0.4, -0.2) is 99.2 Å². The fourth-order valence-corrected chi connectivity index (χ4v) is 4.85. The van der Waals surface area contributed by atoms with E-state index in [1.54, 1.807) is 0 Å². The highest BCUT2D eigenvalue weighted by molar-refractivity contribution is 5.74. The molecule has 9 N–H and O–H groups in total. The number of carbonyl (C=O) groups is 1. The first-order valence-corrected chi connectivity index (χ1v) is 13.0.